The summed E-state index contributed by atoms with van der Waals surface area (Å²) in [5.41, 5.74) is 3.08. The van der Waals surface area contributed by atoms with E-state index in [2.05, 4.69) is 55.9 Å². The van der Waals surface area contributed by atoms with Crippen LogP contribution >= 0.6 is 0 Å². The molecule has 1 aliphatic rings. The Kier molecular flexibility index (Phi) is 6.70. The molecule has 1 fully saturated rings. The quantitative estimate of drug-likeness (QED) is 0.587. The molecule has 3 aromatic rings. The molecule has 1 aliphatic heterocycles. The summed E-state index contributed by atoms with van der Waals surface area (Å²) in [4.78, 5) is 24.4. The van der Waals surface area contributed by atoms with Gasteiger partial charge in [-0.05, 0) is 69.0 Å². The maximum atomic E-state index is 13.4. The van der Waals surface area contributed by atoms with Crippen molar-refractivity contribution in [2.24, 2.45) is 5.41 Å². The molecule has 0 radical (unpaired) electrons. The molecule has 1 aromatic carbocycles. The van der Waals surface area contributed by atoms with Gasteiger partial charge >= 0.3 is 0 Å². The molecule has 0 aliphatic carbocycles. The first kappa shape index (κ1) is 22.2. The third kappa shape index (κ3) is 4.91. The van der Waals surface area contributed by atoms with E-state index in [-0.39, 0.29) is 11.9 Å². The SMILES string of the molecule is CCn1ccnc1CN1CC[C@@](Cc2ccc(-c3ccncc3)cc2)(C(=O)NC(C)C)C1. The summed E-state index contributed by atoms with van der Waals surface area (Å²) < 4.78 is 2.17. The van der Waals surface area contributed by atoms with Crippen molar-refractivity contribution in [3.8, 4) is 11.1 Å². The van der Waals surface area contributed by atoms with Crippen LogP contribution < -0.4 is 5.32 Å². The molecule has 0 bridgehead atoms. The van der Waals surface area contributed by atoms with Gasteiger partial charge in [0.05, 0.1) is 12.0 Å². The van der Waals surface area contributed by atoms with Gasteiger partial charge in [0.2, 0.25) is 5.91 Å². The van der Waals surface area contributed by atoms with Crippen LogP contribution in [0.25, 0.3) is 11.1 Å². The molecule has 0 unspecified atom stereocenters. The van der Waals surface area contributed by atoms with Gasteiger partial charge in [0, 0.05) is 43.9 Å². The summed E-state index contributed by atoms with van der Waals surface area (Å²) in [6.45, 7) is 9.51. The largest absolute Gasteiger partial charge is 0.353 e. The molecule has 3 heterocycles. The van der Waals surface area contributed by atoms with Crippen LogP contribution in [0.3, 0.4) is 0 Å². The van der Waals surface area contributed by atoms with Crippen molar-refractivity contribution in [1.82, 2.24) is 24.8 Å². The Labute approximate surface area is 190 Å². The smallest absolute Gasteiger partial charge is 0.228 e. The van der Waals surface area contributed by atoms with Crippen LogP contribution in [0.2, 0.25) is 0 Å². The second kappa shape index (κ2) is 9.65. The van der Waals surface area contributed by atoms with Gasteiger partial charge in [0.25, 0.3) is 0 Å². The number of nitrogens with zero attached hydrogens (tertiary/aromatic N) is 4. The summed E-state index contributed by atoms with van der Waals surface area (Å²) in [5, 5.41) is 3.19. The highest BCUT2D eigenvalue weighted by Gasteiger charge is 2.44. The number of hydrogen-bond donors (Lipinski definition) is 1. The van der Waals surface area contributed by atoms with Crippen LogP contribution in [0.15, 0.2) is 61.2 Å². The lowest BCUT2D eigenvalue weighted by Gasteiger charge is -2.29. The van der Waals surface area contributed by atoms with E-state index < -0.39 is 5.41 Å². The number of aromatic nitrogens is 3. The monoisotopic (exact) mass is 431 g/mol. The van der Waals surface area contributed by atoms with Crippen molar-refractivity contribution in [3.63, 3.8) is 0 Å². The molecule has 168 valence electrons. The number of rotatable bonds is 8. The van der Waals surface area contributed by atoms with E-state index in [4.69, 9.17) is 0 Å². The van der Waals surface area contributed by atoms with E-state index in [1.807, 2.05) is 50.8 Å². The van der Waals surface area contributed by atoms with E-state index in [0.717, 1.165) is 56.0 Å². The zero-order chi connectivity index (χ0) is 22.6. The Hall–Kier alpha value is -2.99. The van der Waals surface area contributed by atoms with Gasteiger partial charge in [-0.15, -0.1) is 0 Å². The molecule has 4 rings (SSSR count). The molecule has 1 saturated heterocycles. The molecule has 1 atom stereocenters. The predicted octanol–water partition coefficient (Wildman–Crippen LogP) is 3.92. The molecule has 0 saturated carbocycles. The van der Waals surface area contributed by atoms with Gasteiger partial charge in [0.1, 0.15) is 5.82 Å². The minimum atomic E-state index is -0.425. The third-order valence-corrected chi connectivity index (χ3v) is 6.35. The Morgan fingerprint density at radius 1 is 1.09 bits per heavy atom. The normalized spacial score (nSPS) is 18.9. The summed E-state index contributed by atoms with van der Waals surface area (Å²) in [5.74, 6) is 1.22. The second-order valence-corrected chi connectivity index (χ2v) is 9.11. The Balaban J connectivity index is 1.52. The van der Waals surface area contributed by atoms with Crippen molar-refractivity contribution in [2.75, 3.05) is 13.1 Å². The Morgan fingerprint density at radius 2 is 1.81 bits per heavy atom. The number of aryl methyl sites for hydroxylation is 1. The van der Waals surface area contributed by atoms with E-state index in [1.165, 1.54) is 5.56 Å². The molecule has 1 amide bonds. The van der Waals surface area contributed by atoms with Crippen molar-refractivity contribution >= 4 is 5.91 Å². The lowest BCUT2D eigenvalue weighted by atomic mass is 9.79. The standard InChI is InChI=1S/C26H33N5O/c1-4-31-16-14-28-24(31)18-30-15-11-26(19-30,25(32)29-20(2)3)17-21-5-7-22(8-6-21)23-9-12-27-13-10-23/h5-10,12-14,16,20H,4,11,15,17-19H2,1-3H3,(H,29,32)/t26-/m0/s1. The lowest BCUT2D eigenvalue weighted by molar-refractivity contribution is -0.131. The van der Waals surface area contributed by atoms with Crippen LogP contribution in [0.1, 0.15) is 38.6 Å². The molecule has 6 nitrogen and oxygen atoms in total. The van der Waals surface area contributed by atoms with Crippen LogP contribution in [0, 0.1) is 5.41 Å². The fourth-order valence-corrected chi connectivity index (χ4v) is 4.65. The van der Waals surface area contributed by atoms with Crippen LogP contribution in [0.5, 0.6) is 0 Å². The van der Waals surface area contributed by atoms with Crippen molar-refractivity contribution in [1.29, 1.82) is 0 Å². The number of pyridine rings is 1. The number of carbonyl (C=O) groups excluding carboxylic acids is 1. The minimum Gasteiger partial charge on any atom is -0.353 e. The molecule has 6 heteroatoms. The van der Waals surface area contributed by atoms with Gasteiger partial charge in [0.15, 0.2) is 0 Å². The van der Waals surface area contributed by atoms with Crippen LogP contribution in [0.4, 0.5) is 0 Å². The highest BCUT2D eigenvalue weighted by atomic mass is 16.2. The van der Waals surface area contributed by atoms with E-state index in [1.54, 1.807) is 0 Å². The van der Waals surface area contributed by atoms with E-state index in [9.17, 15) is 4.79 Å². The Bertz CT molecular complexity index is 1030. The molecular weight excluding hydrogens is 398 g/mol. The number of benzene rings is 1. The number of imidazole rings is 1. The first-order valence-corrected chi connectivity index (χ1v) is 11.5. The second-order valence-electron chi connectivity index (χ2n) is 9.11. The number of amides is 1. The maximum absolute atomic E-state index is 13.4. The third-order valence-electron chi connectivity index (χ3n) is 6.35. The summed E-state index contributed by atoms with van der Waals surface area (Å²) in [6, 6.07) is 12.8. The van der Waals surface area contributed by atoms with Crippen LogP contribution in [-0.2, 0) is 24.3 Å². The highest BCUT2D eigenvalue weighted by Crippen LogP contribution is 2.36. The lowest BCUT2D eigenvalue weighted by Crippen LogP contribution is -2.46. The first-order chi connectivity index (χ1) is 15.5. The van der Waals surface area contributed by atoms with Crippen LogP contribution in [-0.4, -0.2) is 44.5 Å². The molecule has 32 heavy (non-hydrogen) atoms. The minimum absolute atomic E-state index is 0.126. The summed E-state index contributed by atoms with van der Waals surface area (Å²) in [7, 11) is 0. The van der Waals surface area contributed by atoms with Crippen molar-refractivity contribution in [3.05, 3.63) is 72.6 Å². The Morgan fingerprint density at radius 3 is 2.50 bits per heavy atom. The van der Waals surface area contributed by atoms with E-state index >= 15 is 0 Å². The molecule has 2 aromatic heterocycles. The van der Waals surface area contributed by atoms with Gasteiger partial charge in [-0.3, -0.25) is 14.7 Å². The van der Waals surface area contributed by atoms with Crippen molar-refractivity contribution in [2.45, 2.75) is 52.7 Å². The fourth-order valence-electron chi connectivity index (χ4n) is 4.65. The number of hydrogen-bond acceptors (Lipinski definition) is 4. The topological polar surface area (TPSA) is 63.1 Å². The molecule has 0 spiro atoms. The number of nitrogens with one attached hydrogen (secondary N) is 1. The predicted molar refractivity (Wildman–Crippen MR) is 127 cm³/mol. The van der Waals surface area contributed by atoms with Gasteiger partial charge in [-0.1, -0.05) is 24.3 Å². The number of carbonyl (C=O) groups is 1. The molecular formula is C26H33N5O. The maximum Gasteiger partial charge on any atom is 0.228 e. The zero-order valence-electron chi connectivity index (χ0n) is 19.3. The van der Waals surface area contributed by atoms with Gasteiger partial charge in [-0.2, -0.15) is 0 Å². The average Bonchev–Trinajstić information content (AvgIpc) is 3.42. The summed E-state index contributed by atoms with van der Waals surface area (Å²) in [6.07, 6.45) is 9.09. The zero-order valence-corrected chi connectivity index (χ0v) is 19.3. The first-order valence-electron chi connectivity index (χ1n) is 11.5. The fraction of sp³-hybridized carbons (Fsp3) is 0.423. The molecule has 1 N–H and O–H groups in total. The average molecular weight is 432 g/mol. The van der Waals surface area contributed by atoms with E-state index in [0.29, 0.717) is 0 Å². The van der Waals surface area contributed by atoms with Gasteiger partial charge < -0.3 is 9.88 Å². The highest BCUT2D eigenvalue weighted by molar-refractivity contribution is 5.84. The van der Waals surface area contributed by atoms with Crippen molar-refractivity contribution < 1.29 is 4.79 Å². The number of likely N-dealkylation sites (tertiary alicyclic amines) is 1. The van der Waals surface area contributed by atoms with Gasteiger partial charge in [-0.25, -0.2) is 4.98 Å². The summed E-state index contributed by atoms with van der Waals surface area (Å²) >= 11 is 0.